The highest BCUT2D eigenvalue weighted by molar-refractivity contribution is 5.82. The fourth-order valence-electron chi connectivity index (χ4n) is 5.64. The molecule has 3 heterocycles. The smallest absolute Gasteiger partial charge is 0.309 e. The number of carbonyl (C=O) groups excluding carboxylic acids is 1. The second-order valence-corrected chi connectivity index (χ2v) is 8.83. The first kappa shape index (κ1) is 20.3. The summed E-state index contributed by atoms with van der Waals surface area (Å²) in [5.74, 6) is 3.21. The summed E-state index contributed by atoms with van der Waals surface area (Å²) in [4.78, 5) is 11.8. The summed E-state index contributed by atoms with van der Waals surface area (Å²) in [7, 11) is 0. The fourth-order valence-corrected chi connectivity index (χ4v) is 5.64. The average molecular weight is 400 g/mol. The van der Waals surface area contributed by atoms with Crippen molar-refractivity contribution in [3.05, 3.63) is 35.1 Å². The number of anilines is 1. The van der Waals surface area contributed by atoms with Gasteiger partial charge in [-0.25, -0.2) is 0 Å². The van der Waals surface area contributed by atoms with Gasteiger partial charge in [0.25, 0.3) is 0 Å². The Labute approximate surface area is 176 Å². The van der Waals surface area contributed by atoms with Gasteiger partial charge in [-0.1, -0.05) is 25.5 Å². The molecular weight excluding hydrogens is 362 g/mol. The van der Waals surface area contributed by atoms with Crippen molar-refractivity contribution >= 4 is 17.2 Å². The third kappa shape index (κ3) is 4.04. The van der Waals surface area contributed by atoms with Crippen molar-refractivity contribution in [3.8, 4) is 0 Å². The molecule has 1 aromatic rings. The van der Waals surface area contributed by atoms with E-state index in [9.17, 15) is 4.79 Å². The standard InChI is InChI=1S/C23H29NO3.C2H6.H2/c1-14-2-7-20-19(10-14)22-16(8-9-26-21(22)12-24-20)5-3-15-4-6-18-17(11-15)13-27-23(18)25;1-2;/h2,7,10,15-18,24H,3-6,8-9,11-13H2,1H3;1-2H3;1H. The minimum atomic E-state index is 0. The van der Waals surface area contributed by atoms with Crippen LogP contribution >= 0.6 is 0 Å². The van der Waals surface area contributed by atoms with Gasteiger partial charge >= 0.3 is 5.97 Å². The van der Waals surface area contributed by atoms with Gasteiger partial charge in [0, 0.05) is 24.2 Å². The molecule has 1 saturated carbocycles. The van der Waals surface area contributed by atoms with Crippen molar-refractivity contribution in [2.45, 2.75) is 59.3 Å². The van der Waals surface area contributed by atoms with Gasteiger partial charge in [-0.15, -0.1) is 0 Å². The summed E-state index contributed by atoms with van der Waals surface area (Å²) in [5, 5.41) is 3.52. The number of benzene rings is 1. The van der Waals surface area contributed by atoms with Gasteiger partial charge < -0.3 is 14.8 Å². The summed E-state index contributed by atoms with van der Waals surface area (Å²) in [6.45, 7) is 8.47. The normalized spacial score (nSPS) is 30.0. The molecule has 4 atom stereocenters. The van der Waals surface area contributed by atoms with Gasteiger partial charge in [-0.3, -0.25) is 4.79 Å². The molecule has 4 nitrogen and oxygen atoms in total. The summed E-state index contributed by atoms with van der Waals surface area (Å²) in [5.41, 5.74) is 5.35. The monoisotopic (exact) mass is 399 g/mol. The zero-order valence-corrected chi connectivity index (χ0v) is 18.1. The molecule has 160 valence electrons. The highest BCUT2D eigenvalue weighted by Crippen LogP contribution is 2.45. The molecule has 2 fully saturated rings. The number of aryl methyl sites for hydroxylation is 1. The van der Waals surface area contributed by atoms with Crippen LogP contribution in [0.2, 0.25) is 0 Å². The maximum absolute atomic E-state index is 11.8. The molecule has 0 spiro atoms. The quantitative estimate of drug-likeness (QED) is 0.652. The van der Waals surface area contributed by atoms with Gasteiger partial charge in [0.1, 0.15) is 5.76 Å². The maximum Gasteiger partial charge on any atom is 0.309 e. The average Bonchev–Trinajstić information content (AvgIpc) is 3.13. The SMILES string of the molecule is CC.Cc1ccc2c(c1)C1=C(CN2)OCCC1CCC1CCC2C(=O)OCC2C1.[HH]. The van der Waals surface area contributed by atoms with E-state index in [1.807, 2.05) is 13.8 Å². The van der Waals surface area contributed by atoms with Crippen LogP contribution < -0.4 is 5.32 Å². The third-order valence-electron chi connectivity index (χ3n) is 7.11. The lowest BCUT2D eigenvalue weighted by Gasteiger charge is -2.35. The lowest BCUT2D eigenvalue weighted by atomic mass is 9.72. The predicted molar refractivity (Wildman–Crippen MR) is 119 cm³/mol. The van der Waals surface area contributed by atoms with Crippen LogP contribution in [0.1, 0.15) is 64.9 Å². The lowest BCUT2D eigenvalue weighted by Crippen LogP contribution is -2.27. The van der Waals surface area contributed by atoms with Crippen molar-refractivity contribution in [1.82, 2.24) is 0 Å². The first-order valence-corrected chi connectivity index (χ1v) is 11.6. The number of hydrogen-bond acceptors (Lipinski definition) is 4. The summed E-state index contributed by atoms with van der Waals surface area (Å²) in [6.07, 6.45) is 6.99. The van der Waals surface area contributed by atoms with E-state index in [2.05, 4.69) is 30.4 Å². The zero-order chi connectivity index (χ0) is 20.4. The molecule has 3 aliphatic heterocycles. The maximum atomic E-state index is 11.8. The number of carbonyl (C=O) groups is 1. The lowest BCUT2D eigenvalue weighted by molar-refractivity contribution is -0.141. The van der Waals surface area contributed by atoms with Crippen molar-refractivity contribution < 1.29 is 15.7 Å². The van der Waals surface area contributed by atoms with E-state index in [4.69, 9.17) is 9.47 Å². The van der Waals surface area contributed by atoms with Gasteiger partial charge in [0.2, 0.25) is 0 Å². The molecule has 0 radical (unpaired) electrons. The number of esters is 1. The highest BCUT2D eigenvalue weighted by atomic mass is 16.5. The molecular formula is C25H37NO3. The van der Waals surface area contributed by atoms with E-state index in [0.29, 0.717) is 18.4 Å². The van der Waals surface area contributed by atoms with Crippen LogP contribution in [0.25, 0.3) is 5.57 Å². The number of hydrogen-bond donors (Lipinski definition) is 1. The van der Waals surface area contributed by atoms with Crippen LogP contribution in [-0.4, -0.2) is 25.7 Å². The minimum Gasteiger partial charge on any atom is -0.496 e. The fraction of sp³-hybridized carbons (Fsp3) is 0.640. The van der Waals surface area contributed by atoms with E-state index in [0.717, 1.165) is 37.7 Å². The molecule has 1 saturated heterocycles. The van der Waals surface area contributed by atoms with Crippen LogP contribution in [0, 0.1) is 30.6 Å². The predicted octanol–water partition coefficient (Wildman–Crippen LogP) is 5.81. The Hall–Kier alpha value is -1.97. The third-order valence-corrected chi connectivity index (χ3v) is 7.11. The van der Waals surface area contributed by atoms with Gasteiger partial charge in [0.15, 0.2) is 0 Å². The van der Waals surface area contributed by atoms with Crippen LogP contribution in [0.4, 0.5) is 5.69 Å². The molecule has 29 heavy (non-hydrogen) atoms. The van der Waals surface area contributed by atoms with Crippen LogP contribution in [-0.2, 0) is 14.3 Å². The number of nitrogens with one attached hydrogen (secondary N) is 1. The Morgan fingerprint density at radius 3 is 2.86 bits per heavy atom. The van der Waals surface area contributed by atoms with Crippen LogP contribution in [0.5, 0.6) is 0 Å². The number of rotatable bonds is 3. The Morgan fingerprint density at radius 2 is 2.00 bits per heavy atom. The molecule has 1 aliphatic carbocycles. The van der Waals surface area contributed by atoms with E-state index >= 15 is 0 Å². The number of ether oxygens (including phenoxy) is 2. The van der Waals surface area contributed by atoms with Crippen molar-refractivity contribution in [2.75, 3.05) is 25.1 Å². The highest BCUT2D eigenvalue weighted by Gasteiger charge is 2.41. The van der Waals surface area contributed by atoms with E-state index in [1.54, 1.807) is 0 Å². The van der Waals surface area contributed by atoms with E-state index < -0.39 is 0 Å². The van der Waals surface area contributed by atoms with Crippen LogP contribution in [0.15, 0.2) is 24.0 Å². The molecule has 4 heteroatoms. The molecule has 4 aliphatic rings. The van der Waals surface area contributed by atoms with Crippen molar-refractivity contribution in [1.29, 1.82) is 0 Å². The Balaban J connectivity index is 0.000000830. The summed E-state index contributed by atoms with van der Waals surface area (Å²) < 4.78 is 11.3. The Morgan fingerprint density at radius 1 is 1.14 bits per heavy atom. The number of fused-ring (bicyclic) bond motifs is 3. The molecule has 4 unspecified atom stereocenters. The van der Waals surface area contributed by atoms with Crippen LogP contribution in [0.3, 0.4) is 0 Å². The van der Waals surface area contributed by atoms with Crippen molar-refractivity contribution in [3.63, 3.8) is 0 Å². The zero-order valence-electron chi connectivity index (χ0n) is 18.1. The second kappa shape index (κ2) is 8.81. The number of cyclic esters (lactones) is 1. The molecule has 0 bridgehead atoms. The molecule has 1 aromatic carbocycles. The van der Waals surface area contributed by atoms with Gasteiger partial charge in [0.05, 0.1) is 25.7 Å². The first-order chi connectivity index (χ1) is 14.2. The molecule has 0 aromatic heterocycles. The van der Waals surface area contributed by atoms with Gasteiger partial charge in [-0.2, -0.15) is 0 Å². The Kier molecular flexibility index (Phi) is 6.17. The summed E-state index contributed by atoms with van der Waals surface area (Å²) in [6, 6.07) is 6.70. The van der Waals surface area contributed by atoms with Gasteiger partial charge in [-0.05, 0) is 69.4 Å². The molecule has 0 amide bonds. The first-order valence-electron chi connectivity index (χ1n) is 11.6. The Bertz CT molecular complexity index is 791. The minimum absolute atomic E-state index is 0. The van der Waals surface area contributed by atoms with E-state index in [1.165, 1.54) is 48.1 Å². The van der Waals surface area contributed by atoms with E-state index in [-0.39, 0.29) is 13.3 Å². The second-order valence-electron chi connectivity index (χ2n) is 8.83. The molecule has 1 N–H and O–H groups in total. The van der Waals surface area contributed by atoms with Crippen molar-refractivity contribution in [2.24, 2.45) is 23.7 Å². The number of allylic oxidation sites excluding steroid dienone is 1. The topological polar surface area (TPSA) is 47.6 Å². The summed E-state index contributed by atoms with van der Waals surface area (Å²) >= 11 is 0. The molecule has 5 rings (SSSR count). The largest absolute Gasteiger partial charge is 0.496 e.